The SMILES string of the molecule is CC(=O)N[C@]1(C(=O)O)C[C@@]1(C)c1ccccc1. The van der Waals surface area contributed by atoms with E-state index in [2.05, 4.69) is 5.32 Å². The first-order chi connectivity index (χ1) is 7.92. The molecule has 2 atom stereocenters. The van der Waals surface area contributed by atoms with Gasteiger partial charge in [-0.3, -0.25) is 4.79 Å². The van der Waals surface area contributed by atoms with Crippen molar-refractivity contribution in [2.75, 3.05) is 0 Å². The van der Waals surface area contributed by atoms with Gasteiger partial charge in [0.2, 0.25) is 5.91 Å². The Kier molecular flexibility index (Phi) is 2.45. The minimum Gasteiger partial charge on any atom is -0.479 e. The van der Waals surface area contributed by atoms with Crippen LogP contribution in [0.5, 0.6) is 0 Å². The molecule has 0 aromatic heterocycles. The highest BCUT2D eigenvalue weighted by atomic mass is 16.4. The maximum Gasteiger partial charge on any atom is 0.330 e. The van der Waals surface area contributed by atoms with Crippen LogP contribution in [-0.4, -0.2) is 22.5 Å². The monoisotopic (exact) mass is 233 g/mol. The van der Waals surface area contributed by atoms with E-state index in [0.717, 1.165) is 5.56 Å². The third-order valence-corrected chi connectivity index (χ3v) is 3.60. The molecule has 1 fully saturated rings. The average Bonchev–Trinajstić information content (AvgIpc) is 2.87. The van der Waals surface area contributed by atoms with Gasteiger partial charge in [-0.15, -0.1) is 0 Å². The number of rotatable bonds is 3. The molecule has 90 valence electrons. The minimum atomic E-state index is -1.15. The second-order valence-corrected chi connectivity index (χ2v) is 4.77. The Labute approximate surface area is 99.6 Å². The van der Waals surface area contributed by atoms with Crippen LogP contribution in [0.1, 0.15) is 25.8 Å². The average molecular weight is 233 g/mol. The summed E-state index contributed by atoms with van der Waals surface area (Å²) in [6.07, 6.45) is 0.429. The molecule has 0 unspecified atom stereocenters. The van der Waals surface area contributed by atoms with Crippen LogP contribution in [0.4, 0.5) is 0 Å². The number of carboxylic acids is 1. The van der Waals surface area contributed by atoms with Crippen molar-refractivity contribution >= 4 is 11.9 Å². The van der Waals surface area contributed by atoms with Gasteiger partial charge in [0.25, 0.3) is 0 Å². The fraction of sp³-hybridized carbons (Fsp3) is 0.385. The van der Waals surface area contributed by atoms with Crippen LogP contribution in [0, 0.1) is 0 Å². The maximum atomic E-state index is 11.4. The minimum absolute atomic E-state index is 0.313. The molecule has 0 saturated heterocycles. The number of benzene rings is 1. The molecule has 2 N–H and O–H groups in total. The van der Waals surface area contributed by atoms with E-state index in [0.29, 0.717) is 6.42 Å². The van der Waals surface area contributed by atoms with Gasteiger partial charge in [-0.2, -0.15) is 0 Å². The first kappa shape index (κ1) is 11.6. The molecule has 0 heterocycles. The highest BCUT2D eigenvalue weighted by molar-refractivity contribution is 5.92. The summed E-state index contributed by atoms with van der Waals surface area (Å²) in [4.78, 5) is 22.5. The second kappa shape index (κ2) is 3.58. The van der Waals surface area contributed by atoms with Crippen LogP contribution in [0.15, 0.2) is 30.3 Å². The standard InChI is InChI=1S/C13H15NO3/c1-9(15)14-13(11(16)17)8-12(13,2)10-6-4-3-5-7-10/h3-7H,8H2,1-2H3,(H,14,15)(H,16,17)/t12-,13-/m0/s1. The van der Waals surface area contributed by atoms with E-state index >= 15 is 0 Å². The number of aliphatic carboxylic acids is 1. The molecule has 0 bridgehead atoms. The summed E-state index contributed by atoms with van der Waals surface area (Å²) in [5.41, 5.74) is -0.734. The summed E-state index contributed by atoms with van der Waals surface area (Å²) >= 11 is 0. The third-order valence-electron chi connectivity index (χ3n) is 3.60. The van der Waals surface area contributed by atoms with Crippen LogP contribution < -0.4 is 5.32 Å². The molecule has 1 aliphatic rings. The number of carbonyl (C=O) groups excluding carboxylic acids is 1. The number of nitrogens with one attached hydrogen (secondary N) is 1. The van der Waals surface area contributed by atoms with Crippen molar-refractivity contribution in [1.82, 2.24) is 5.32 Å². The summed E-state index contributed by atoms with van der Waals surface area (Å²) < 4.78 is 0. The van der Waals surface area contributed by atoms with Crippen molar-refractivity contribution in [1.29, 1.82) is 0 Å². The summed E-state index contributed by atoms with van der Waals surface area (Å²) in [6.45, 7) is 3.21. The Morgan fingerprint density at radius 3 is 2.35 bits per heavy atom. The van der Waals surface area contributed by atoms with Gasteiger partial charge in [0.15, 0.2) is 0 Å². The summed E-state index contributed by atoms with van der Waals surface area (Å²) in [5, 5.41) is 11.9. The molecule has 0 radical (unpaired) electrons. The molecular formula is C13H15NO3. The fourth-order valence-corrected chi connectivity index (χ4v) is 2.49. The van der Waals surface area contributed by atoms with Crippen LogP contribution in [0.25, 0.3) is 0 Å². The molecule has 1 aromatic carbocycles. The Morgan fingerprint density at radius 2 is 1.88 bits per heavy atom. The van der Waals surface area contributed by atoms with Crippen LogP contribution >= 0.6 is 0 Å². The summed E-state index contributed by atoms with van der Waals surface area (Å²) in [7, 11) is 0. The lowest BCUT2D eigenvalue weighted by atomic mass is 9.92. The Bertz CT molecular complexity index is 471. The van der Waals surface area contributed by atoms with E-state index in [-0.39, 0.29) is 5.91 Å². The number of hydrogen-bond donors (Lipinski definition) is 2. The first-order valence-electron chi connectivity index (χ1n) is 5.50. The lowest BCUT2D eigenvalue weighted by Crippen LogP contribution is -2.47. The first-order valence-corrected chi connectivity index (χ1v) is 5.50. The number of hydrogen-bond acceptors (Lipinski definition) is 2. The number of carbonyl (C=O) groups is 2. The largest absolute Gasteiger partial charge is 0.479 e. The van der Waals surface area contributed by atoms with Gasteiger partial charge in [-0.1, -0.05) is 37.3 Å². The Hall–Kier alpha value is -1.84. The lowest BCUT2D eigenvalue weighted by Gasteiger charge is -2.20. The van der Waals surface area contributed by atoms with Gasteiger partial charge < -0.3 is 10.4 Å². The molecule has 4 heteroatoms. The summed E-state index contributed by atoms with van der Waals surface area (Å²) in [5.74, 6) is -1.29. The van der Waals surface area contributed by atoms with E-state index in [9.17, 15) is 14.7 Å². The van der Waals surface area contributed by atoms with Crippen molar-refractivity contribution in [3.8, 4) is 0 Å². The molecule has 0 spiro atoms. The zero-order valence-corrected chi connectivity index (χ0v) is 9.86. The van der Waals surface area contributed by atoms with Crippen molar-refractivity contribution in [2.24, 2.45) is 0 Å². The predicted octanol–water partition coefficient (Wildman–Crippen LogP) is 1.31. The smallest absolute Gasteiger partial charge is 0.330 e. The van der Waals surface area contributed by atoms with Gasteiger partial charge in [0.05, 0.1) is 0 Å². The fourth-order valence-electron chi connectivity index (χ4n) is 2.49. The third kappa shape index (κ3) is 1.60. The van der Waals surface area contributed by atoms with Crippen LogP contribution in [0.3, 0.4) is 0 Å². The molecule has 0 aliphatic heterocycles. The van der Waals surface area contributed by atoms with E-state index in [1.165, 1.54) is 6.92 Å². The van der Waals surface area contributed by atoms with Crippen molar-refractivity contribution in [2.45, 2.75) is 31.2 Å². The number of amides is 1. The van der Waals surface area contributed by atoms with E-state index in [1.807, 2.05) is 37.3 Å². The highest BCUT2D eigenvalue weighted by Crippen LogP contribution is 2.57. The van der Waals surface area contributed by atoms with Crippen molar-refractivity contribution in [3.05, 3.63) is 35.9 Å². The molecule has 1 saturated carbocycles. The Morgan fingerprint density at radius 1 is 1.29 bits per heavy atom. The maximum absolute atomic E-state index is 11.4. The molecule has 1 aromatic rings. The zero-order chi connectivity index (χ0) is 12.7. The Balaban J connectivity index is 2.36. The predicted molar refractivity (Wildman–Crippen MR) is 62.6 cm³/mol. The van der Waals surface area contributed by atoms with Gasteiger partial charge in [0.1, 0.15) is 5.54 Å². The van der Waals surface area contributed by atoms with Crippen LogP contribution in [0.2, 0.25) is 0 Å². The molecular weight excluding hydrogens is 218 g/mol. The second-order valence-electron chi connectivity index (χ2n) is 4.77. The zero-order valence-electron chi connectivity index (χ0n) is 9.86. The molecule has 4 nitrogen and oxygen atoms in total. The quantitative estimate of drug-likeness (QED) is 0.827. The topological polar surface area (TPSA) is 66.4 Å². The normalized spacial score (nSPS) is 30.7. The van der Waals surface area contributed by atoms with Gasteiger partial charge in [-0.25, -0.2) is 4.79 Å². The summed E-state index contributed by atoms with van der Waals surface area (Å²) in [6, 6.07) is 9.42. The van der Waals surface area contributed by atoms with Crippen LogP contribution in [-0.2, 0) is 15.0 Å². The lowest BCUT2D eigenvalue weighted by molar-refractivity contribution is -0.143. The molecule has 2 rings (SSSR count). The van der Waals surface area contributed by atoms with Crippen molar-refractivity contribution in [3.63, 3.8) is 0 Å². The molecule has 1 amide bonds. The van der Waals surface area contributed by atoms with E-state index in [4.69, 9.17) is 0 Å². The van der Waals surface area contributed by atoms with Gasteiger partial charge in [-0.05, 0) is 12.0 Å². The number of carboxylic acid groups (broad SMARTS) is 1. The van der Waals surface area contributed by atoms with E-state index < -0.39 is 16.9 Å². The molecule has 1 aliphatic carbocycles. The highest BCUT2D eigenvalue weighted by Gasteiger charge is 2.71. The van der Waals surface area contributed by atoms with Gasteiger partial charge in [0, 0.05) is 12.3 Å². The van der Waals surface area contributed by atoms with E-state index in [1.54, 1.807) is 0 Å². The van der Waals surface area contributed by atoms with Gasteiger partial charge >= 0.3 is 5.97 Å². The molecule has 17 heavy (non-hydrogen) atoms. The van der Waals surface area contributed by atoms with Crippen molar-refractivity contribution < 1.29 is 14.7 Å².